The topological polar surface area (TPSA) is 48.0 Å². The van der Waals surface area contributed by atoms with Crippen LogP contribution in [0.15, 0.2) is 39.7 Å². The largest absolute Gasteiger partial charge is 0.436 e. The molecule has 0 unspecified atom stereocenters. The summed E-state index contributed by atoms with van der Waals surface area (Å²) in [5.41, 5.74) is 0.940. The highest BCUT2D eigenvalue weighted by Crippen LogP contribution is 2.16. The van der Waals surface area contributed by atoms with E-state index in [9.17, 15) is 4.79 Å². The van der Waals surface area contributed by atoms with Gasteiger partial charge in [-0.1, -0.05) is 12.1 Å². The van der Waals surface area contributed by atoms with Gasteiger partial charge in [-0.15, -0.1) is 5.10 Å². The second kappa shape index (κ2) is 2.70. The van der Waals surface area contributed by atoms with E-state index in [0.29, 0.717) is 22.1 Å². The average molecular weight is 200 g/mol. The zero-order chi connectivity index (χ0) is 10.4. The van der Waals surface area contributed by atoms with Gasteiger partial charge in [0, 0.05) is 13.2 Å². The van der Waals surface area contributed by atoms with Crippen LogP contribution in [0.5, 0.6) is 0 Å². The van der Waals surface area contributed by atoms with Crippen LogP contribution in [-0.4, -0.2) is 9.78 Å². The van der Waals surface area contributed by atoms with E-state index < -0.39 is 0 Å². The van der Waals surface area contributed by atoms with Gasteiger partial charge in [0.2, 0.25) is 11.1 Å². The van der Waals surface area contributed by atoms with Crippen molar-refractivity contribution in [3.8, 4) is 0 Å². The summed E-state index contributed by atoms with van der Waals surface area (Å²) in [6, 6.07) is 7.18. The van der Waals surface area contributed by atoms with Gasteiger partial charge in [0.1, 0.15) is 11.0 Å². The molecular formula is C11H8N2O2. The minimum Gasteiger partial charge on any atom is -0.436 e. The van der Waals surface area contributed by atoms with Gasteiger partial charge >= 0.3 is 0 Å². The summed E-state index contributed by atoms with van der Waals surface area (Å²) in [5, 5.41) is 5.19. The Labute approximate surface area is 84.7 Å². The van der Waals surface area contributed by atoms with E-state index in [1.165, 1.54) is 0 Å². The van der Waals surface area contributed by atoms with Crippen LogP contribution in [0.25, 0.3) is 22.1 Å². The molecule has 0 amide bonds. The van der Waals surface area contributed by atoms with Crippen molar-refractivity contribution in [3.63, 3.8) is 0 Å². The Morgan fingerprint density at radius 1 is 1.27 bits per heavy atom. The lowest BCUT2D eigenvalue weighted by molar-refractivity contribution is 0.625. The summed E-state index contributed by atoms with van der Waals surface area (Å²) in [7, 11) is 1.76. The van der Waals surface area contributed by atoms with E-state index in [1.54, 1.807) is 30.1 Å². The summed E-state index contributed by atoms with van der Waals surface area (Å²) in [4.78, 5) is 12.0. The molecule has 0 spiro atoms. The van der Waals surface area contributed by atoms with Crippen LogP contribution in [-0.2, 0) is 7.05 Å². The van der Waals surface area contributed by atoms with Gasteiger partial charge in [0.25, 0.3) is 0 Å². The van der Waals surface area contributed by atoms with Crippen LogP contribution in [0, 0.1) is 0 Å². The molecule has 0 aliphatic heterocycles. The fourth-order valence-electron chi connectivity index (χ4n) is 1.69. The van der Waals surface area contributed by atoms with Crippen molar-refractivity contribution >= 4 is 22.1 Å². The van der Waals surface area contributed by atoms with E-state index in [2.05, 4.69) is 5.10 Å². The third-order valence-corrected chi connectivity index (χ3v) is 2.38. The quantitative estimate of drug-likeness (QED) is 0.554. The molecule has 3 rings (SSSR count). The van der Waals surface area contributed by atoms with Gasteiger partial charge in [-0.05, 0) is 12.1 Å². The van der Waals surface area contributed by atoms with E-state index in [1.807, 2.05) is 12.1 Å². The summed E-state index contributed by atoms with van der Waals surface area (Å²) in [6.07, 6.45) is 1.67. The van der Waals surface area contributed by atoms with E-state index in [-0.39, 0.29) is 5.43 Å². The SMILES string of the molecule is Cn1cc2c(=O)c3ccccc3oc2n1. The molecule has 0 aliphatic rings. The minimum absolute atomic E-state index is 0.0278. The number of hydrogen-bond acceptors (Lipinski definition) is 3. The van der Waals surface area contributed by atoms with Crippen LogP contribution < -0.4 is 5.43 Å². The predicted octanol–water partition coefficient (Wildman–Crippen LogP) is 1.68. The summed E-state index contributed by atoms with van der Waals surface area (Å²) >= 11 is 0. The van der Waals surface area contributed by atoms with Crippen molar-refractivity contribution in [2.75, 3.05) is 0 Å². The Bertz CT molecular complexity index is 709. The molecule has 74 valence electrons. The van der Waals surface area contributed by atoms with Crippen LogP contribution in [0.2, 0.25) is 0 Å². The Morgan fingerprint density at radius 2 is 2.07 bits per heavy atom. The smallest absolute Gasteiger partial charge is 0.249 e. The molecule has 4 nitrogen and oxygen atoms in total. The van der Waals surface area contributed by atoms with Crippen LogP contribution in [0.4, 0.5) is 0 Å². The number of rotatable bonds is 0. The van der Waals surface area contributed by atoms with Gasteiger partial charge < -0.3 is 4.42 Å². The first kappa shape index (κ1) is 8.23. The Kier molecular flexibility index (Phi) is 1.48. The minimum atomic E-state index is -0.0278. The van der Waals surface area contributed by atoms with Gasteiger partial charge in [0.05, 0.1) is 5.39 Å². The molecule has 0 fully saturated rings. The molecule has 2 heterocycles. The van der Waals surface area contributed by atoms with Crippen LogP contribution in [0.1, 0.15) is 0 Å². The fourth-order valence-corrected chi connectivity index (χ4v) is 1.69. The van der Waals surface area contributed by atoms with E-state index >= 15 is 0 Å². The molecule has 0 atom stereocenters. The molecule has 2 aromatic heterocycles. The zero-order valence-corrected chi connectivity index (χ0v) is 8.10. The lowest BCUT2D eigenvalue weighted by Gasteiger charge is -1.94. The molecule has 4 heteroatoms. The summed E-state index contributed by atoms with van der Waals surface area (Å²) in [5.74, 6) is 0. The predicted molar refractivity (Wildman–Crippen MR) is 56.8 cm³/mol. The number of hydrogen-bond donors (Lipinski definition) is 0. The number of fused-ring (bicyclic) bond motifs is 2. The van der Waals surface area contributed by atoms with E-state index in [4.69, 9.17) is 4.42 Å². The fraction of sp³-hybridized carbons (Fsp3) is 0.0909. The highest BCUT2D eigenvalue weighted by atomic mass is 16.3. The lowest BCUT2D eigenvalue weighted by atomic mass is 10.2. The maximum absolute atomic E-state index is 12.0. The average Bonchev–Trinajstić information content (AvgIpc) is 2.59. The van der Waals surface area contributed by atoms with Crippen molar-refractivity contribution in [3.05, 3.63) is 40.7 Å². The molecule has 0 aliphatic carbocycles. The summed E-state index contributed by atoms with van der Waals surface area (Å²) < 4.78 is 7.09. The molecule has 3 aromatic rings. The molecule has 1 aromatic carbocycles. The number of aryl methyl sites for hydroxylation is 1. The molecule has 0 saturated carbocycles. The van der Waals surface area contributed by atoms with Gasteiger partial charge in [-0.2, -0.15) is 0 Å². The molecule has 0 radical (unpaired) electrons. The number of para-hydroxylation sites is 1. The normalized spacial score (nSPS) is 11.3. The van der Waals surface area contributed by atoms with Crippen molar-refractivity contribution in [2.45, 2.75) is 0 Å². The first-order chi connectivity index (χ1) is 7.25. The second-order valence-corrected chi connectivity index (χ2v) is 3.45. The Balaban J connectivity index is 2.65. The monoisotopic (exact) mass is 200 g/mol. The molecule has 15 heavy (non-hydrogen) atoms. The van der Waals surface area contributed by atoms with Gasteiger partial charge in [-0.3, -0.25) is 9.48 Å². The van der Waals surface area contributed by atoms with Crippen LogP contribution >= 0.6 is 0 Å². The number of benzene rings is 1. The highest BCUT2D eigenvalue weighted by Gasteiger charge is 2.09. The second-order valence-electron chi connectivity index (χ2n) is 3.45. The standard InChI is InChI=1S/C11H8N2O2/c1-13-6-8-10(14)7-4-2-3-5-9(7)15-11(8)12-13/h2-6H,1H3. The highest BCUT2D eigenvalue weighted by molar-refractivity contribution is 5.87. The number of nitrogens with zero attached hydrogens (tertiary/aromatic N) is 2. The first-order valence-corrected chi connectivity index (χ1v) is 4.61. The van der Waals surface area contributed by atoms with Crippen molar-refractivity contribution in [1.82, 2.24) is 9.78 Å². The Morgan fingerprint density at radius 3 is 2.93 bits per heavy atom. The van der Waals surface area contributed by atoms with Crippen molar-refractivity contribution in [2.24, 2.45) is 7.05 Å². The Hall–Kier alpha value is -2.10. The van der Waals surface area contributed by atoms with E-state index in [0.717, 1.165) is 0 Å². The van der Waals surface area contributed by atoms with Crippen LogP contribution in [0.3, 0.4) is 0 Å². The van der Waals surface area contributed by atoms with Crippen molar-refractivity contribution in [1.29, 1.82) is 0 Å². The van der Waals surface area contributed by atoms with Gasteiger partial charge in [-0.25, -0.2) is 0 Å². The third kappa shape index (κ3) is 1.08. The summed E-state index contributed by atoms with van der Waals surface area (Å²) in [6.45, 7) is 0. The third-order valence-electron chi connectivity index (χ3n) is 2.38. The lowest BCUT2D eigenvalue weighted by Crippen LogP contribution is -1.99. The molecule has 0 bridgehead atoms. The first-order valence-electron chi connectivity index (χ1n) is 4.61. The number of aromatic nitrogens is 2. The molecular weight excluding hydrogens is 192 g/mol. The molecule has 0 saturated heterocycles. The maximum Gasteiger partial charge on any atom is 0.249 e. The molecule has 0 N–H and O–H groups in total. The van der Waals surface area contributed by atoms with Gasteiger partial charge in [0.15, 0.2) is 0 Å². The maximum atomic E-state index is 12.0. The van der Waals surface area contributed by atoms with Crippen molar-refractivity contribution < 1.29 is 4.42 Å². The zero-order valence-electron chi connectivity index (χ0n) is 8.10.